The number of amides is 1. The molecule has 1 aliphatic rings. The lowest BCUT2D eigenvalue weighted by molar-refractivity contribution is -0.153. The Hall–Kier alpha value is -3.49. The van der Waals surface area contributed by atoms with E-state index in [1.165, 1.54) is 38.4 Å². The van der Waals surface area contributed by atoms with Crippen LogP contribution in [0.25, 0.3) is 0 Å². The molecule has 0 bridgehead atoms. The number of esters is 2. The maximum atomic E-state index is 13.4. The zero-order valence-electron chi connectivity index (χ0n) is 21.8. The Morgan fingerprint density at radius 1 is 1.19 bits per heavy atom. The molecule has 37 heavy (non-hydrogen) atoms. The average molecular weight is 515 g/mol. The average Bonchev–Trinajstić information content (AvgIpc) is 2.91. The van der Waals surface area contributed by atoms with Crippen molar-refractivity contribution in [3.05, 3.63) is 53.6 Å². The number of benzene rings is 1. The second kappa shape index (κ2) is 13.2. The lowest BCUT2D eigenvalue weighted by Crippen LogP contribution is -2.43. The lowest BCUT2D eigenvalue weighted by atomic mass is 9.78. The van der Waals surface area contributed by atoms with Gasteiger partial charge in [-0.15, -0.1) is 0 Å². The van der Waals surface area contributed by atoms with Crippen LogP contribution in [-0.2, 0) is 20.7 Å². The van der Waals surface area contributed by atoms with E-state index in [4.69, 9.17) is 14.2 Å². The van der Waals surface area contributed by atoms with Gasteiger partial charge in [0.05, 0.1) is 7.11 Å². The van der Waals surface area contributed by atoms with Gasteiger partial charge in [-0.2, -0.15) is 0 Å². The summed E-state index contributed by atoms with van der Waals surface area (Å²) in [6.45, 7) is 5.21. The number of hydrogen-bond donors (Lipinski definition) is 1. The Kier molecular flexibility index (Phi) is 10.00. The maximum Gasteiger partial charge on any atom is 0.328 e. The standard InChI is InChI=1S/C28H35FN2O6/c1-5-7-20-8-6-9-23(28(34)36-17(2)22(20)16-19-10-12-21(29)13-11-19)31-27(33)25-26(37-18(3)32)24(35-4)14-15-30-25/h10-15,17,20,22-23H,5-9,16H2,1-4H3,(H,31,33)/t17-,20-,22-,23-/m0/s1. The van der Waals surface area contributed by atoms with Crippen molar-refractivity contribution in [3.63, 3.8) is 0 Å². The van der Waals surface area contributed by atoms with E-state index in [0.717, 1.165) is 24.8 Å². The van der Waals surface area contributed by atoms with Crippen LogP contribution in [0.4, 0.5) is 4.39 Å². The fraction of sp³-hybridized carbons (Fsp3) is 0.500. The van der Waals surface area contributed by atoms with Gasteiger partial charge < -0.3 is 19.5 Å². The van der Waals surface area contributed by atoms with Crippen LogP contribution in [0.2, 0.25) is 0 Å². The molecule has 0 saturated carbocycles. The van der Waals surface area contributed by atoms with E-state index in [1.807, 2.05) is 6.92 Å². The van der Waals surface area contributed by atoms with E-state index >= 15 is 0 Å². The summed E-state index contributed by atoms with van der Waals surface area (Å²) in [6.07, 6.45) is 5.56. The van der Waals surface area contributed by atoms with Crippen LogP contribution in [0.3, 0.4) is 0 Å². The third kappa shape index (κ3) is 7.50. The number of cyclic esters (lactones) is 1. The van der Waals surface area contributed by atoms with Crippen molar-refractivity contribution in [1.29, 1.82) is 0 Å². The van der Waals surface area contributed by atoms with Crippen LogP contribution in [0, 0.1) is 17.7 Å². The quantitative estimate of drug-likeness (QED) is 0.512. The molecule has 1 saturated heterocycles. The Labute approximate surface area is 216 Å². The van der Waals surface area contributed by atoms with E-state index < -0.39 is 30.0 Å². The fourth-order valence-corrected chi connectivity index (χ4v) is 4.96. The van der Waals surface area contributed by atoms with Gasteiger partial charge in [-0.25, -0.2) is 14.2 Å². The van der Waals surface area contributed by atoms with Crippen molar-refractivity contribution in [2.75, 3.05) is 7.11 Å². The molecule has 1 N–H and O–H groups in total. The molecule has 9 heteroatoms. The molecule has 3 rings (SSSR count). The molecule has 200 valence electrons. The Bertz CT molecular complexity index is 1090. The fourth-order valence-electron chi connectivity index (χ4n) is 4.96. The number of halogens is 1. The molecule has 1 fully saturated rings. The molecule has 0 radical (unpaired) electrons. The Balaban J connectivity index is 1.80. The van der Waals surface area contributed by atoms with E-state index in [0.29, 0.717) is 25.2 Å². The highest BCUT2D eigenvalue weighted by Crippen LogP contribution is 2.33. The van der Waals surface area contributed by atoms with Gasteiger partial charge in [0.1, 0.15) is 18.0 Å². The van der Waals surface area contributed by atoms with Gasteiger partial charge in [0, 0.05) is 25.1 Å². The first-order valence-corrected chi connectivity index (χ1v) is 12.7. The first-order valence-electron chi connectivity index (χ1n) is 12.7. The number of carbonyl (C=O) groups is 3. The molecule has 1 aromatic carbocycles. The van der Waals surface area contributed by atoms with Gasteiger partial charge in [0.25, 0.3) is 5.91 Å². The number of aromatic nitrogens is 1. The smallest absolute Gasteiger partial charge is 0.328 e. The summed E-state index contributed by atoms with van der Waals surface area (Å²) < 4.78 is 29.7. The number of ether oxygens (including phenoxy) is 3. The highest BCUT2D eigenvalue weighted by Gasteiger charge is 2.34. The Morgan fingerprint density at radius 2 is 1.92 bits per heavy atom. The summed E-state index contributed by atoms with van der Waals surface area (Å²) in [4.78, 5) is 42.0. The van der Waals surface area contributed by atoms with Crippen molar-refractivity contribution in [1.82, 2.24) is 10.3 Å². The van der Waals surface area contributed by atoms with Gasteiger partial charge in [-0.3, -0.25) is 9.59 Å². The molecule has 2 aromatic rings. The second-order valence-electron chi connectivity index (χ2n) is 9.43. The zero-order chi connectivity index (χ0) is 26.9. The van der Waals surface area contributed by atoms with Crippen LogP contribution >= 0.6 is 0 Å². The van der Waals surface area contributed by atoms with Gasteiger partial charge in [-0.05, 0) is 49.8 Å². The summed E-state index contributed by atoms with van der Waals surface area (Å²) in [5.74, 6) is -1.69. The molecule has 8 nitrogen and oxygen atoms in total. The van der Waals surface area contributed by atoms with Gasteiger partial charge in [0.2, 0.25) is 5.75 Å². The summed E-state index contributed by atoms with van der Waals surface area (Å²) >= 11 is 0. The zero-order valence-corrected chi connectivity index (χ0v) is 21.8. The molecule has 0 aliphatic carbocycles. The van der Waals surface area contributed by atoms with Crippen LogP contribution in [0.5, 0.6) is 11.5 Å². The SMILES string of the molecule is CCC[C@H]1CCC[C@H](NC(=O)c2nccc(OC)c2OC(C)=O)C(=O)O[C@@H](C)[C@@H]1Cc1ccc(F)cc1. The molecule has 0 unspecified atom stereocenters. The van der Waals surface area contributed by atoms with Crippen LogP contribution in [-0.4, -0.2) is 42.1 Å². The summed E-state index contributed by atoms with van der Waals surface area (Å²) in [7, 11) is 1.39. The van der Waals surface area contributed by atoms with Crippen LogP contribution in [0.1, 0.15) is 68.9 Å². The molecule has 1 aliphatic heterocycles. The topological polar surface area (TPSA) is 104 Å². The number of nitrogens with one attached hydrogen (secondary N) is 1. The van der Waals surface area contributed by atoms with Crippen molar-refractivity contribution in [2.24, 2.45) is 11.8 Å². The van der Waals surface area contributed by atoms with Crippen molar-refractivity contribution in [3.8, 4) is 11.5 Å². The third-order valence-corrected chi connectivity index (χ3v) is 6.76. The highest BCUT2D eigenvalue weighted by atomic mass is 19.1. The monoisotopic (exact) mass is 514 g/mol. The van der Waals surface area contributed by atoms with Crippen molar-refractivity contribution >= 4 is 17.8 Å². The number of nitrogens with zero attached hydrogens (tertiary/aromatic N) is 1. The number of hydrogen-bond acceptors (Lipinski definition) is 7. The molecule has 2 heterocycles. The minimum atomic E-state index is -0.889. The number of methoxy groups -OCH3 is 1. The minimum absolute atomic E-state index is 0.0550. The largest absolute Gasteiger partial charge is 0.493 e. The highest BCUT2D eigenvalue weighted by molar-refractivity contribution is 5.98. The second-order valence-corrected chi connectivity index (χ2v) is 9.43. The molecule has 0 spiro atoms. The number of pyridine rings is 1. The van der Waals surface area contributed by atoms with Crippen LogP contribution < -0.4 is 14.8 Å². The molecular formula is C28H35FN2O6. The van der Waals surface area contributed by atoms with Crippen molar-refractivity contribution < 1.29 is 33.0 Å². The predicted molar refractivity (Wildman–Crippen MR) is 135 cm³/mol. The first kappa shape index (κ1) is 28.1. The molecular weight excluding hydrogens is 479 g/mol. The van der Waals surface area contributed by atoms with E-state index in [9.17, 15) is 18.8 Å². The summed E-state index contributed by atoms with van der Waals surface area (Å²) in [5, 5.41) is 2.72. The van der Waals surface area contributed by atoms with E-state index in [-0.39, 0.29) is 28.9 Å². The van der Waals surface area contributed by atoms with Gasteiger partial charge in [0.15, 0.2) is 11.4 Å². The minimum Gasteiger partial charge on any atom is -0.493 e. The van der Waals surface area contributed by atoms with Crippen LogP contribution in [0.15, 0.2) is 36.5 Å². The molecule has 1 aromatic heterocycles. The van der Waals surface area contributed by atoms with Crippen molar-refractivity contribution in [2.45, 2.75) is 71.4 Å². The first-order chi connectivity index (χ1) is 17.7. The molecule has 1 amide bonds. The third-order valence-electron chi connectivity index (χ3n) is 6.76. The normalized spacial score (nSPS) is 22.1. The summed E-state index contributed by atoms with van der Waals surface area (Å²) in [5.41, 5.74) is 0.829. The number of rotatable bonds is 8. The summed E-state index contributed by atoms with van der Waals surface area (Å²) in [6, 6.07) is 7.01. The number of carbonyl (C=O) groups excluding carboxylic acids is 3. The maximum absolute atomic E-state index is 13.4. The molecule has 4 atom stereocenters. The van der Waals surface area contributed by atoms with Gasteiger partial charge in [-0.1, -0.05) is 38.3 Å². The van der Waals surface area contributed by atoms with E-state index in [1.54, 1.807) is 12.1 Å². The van der Waals surface area contributed by atoms with Gasteiger partial charge >= 0.3 is 11.9 Å². The Morgan fingerprint density at radius 3 is 2.57 bits per heavy atom. The predicted octanol–water partition coefficient (Wildman–Crippen LogP) is 4.64. The van der Waals surface area contributed by atoms with E-state index in [2.05, 4.69) is 17.2 Å². The lowest BCUT2D eigenvalue weighted by Gasteiger charge is -2.31.